The Kier molecular flexibility index (Phi) is 6.12. The zero-order valence-electron chi connectivity index (χ0n) is 17.1. The molecule has 0 radical (unpaired) electrons. The molecular formula is C22H28N4O3. The number of fused-ring (bicyclic) bond motifs is 1. The third-order valence-corrected chi connectivity index (χ3v) is 5.29. The first-order valence-electron chi connectivity index (χ1n) is 10.4. The van der Waals surface area contributed by atoms with E-state index in [9.17, 15) is 0 Å². The van der Waals surface area contributed by atoms with E-state index in [-0.39, 0.29) is 0 Å². The minimum absolute atomic E-state index is 0.323. The molecule has 4 rings (SSSR count). The van der Waals surface area contributed by atoms with Gasteiger partial charge < -0.3 is 18.8 Å². The van der Waals surface area contributed by atoms with Crippen molar-refractivity contribution in [2.24, 2.45) is 5.92 Å². The third-order valence-electron chi connectivity index (χ3n) is 5.29. The Morgan fingerprint density at radius 3 is 2.69 bits per heavy atom. The molecule has 7 nitrogen and oxygen atoms in total. The molecule has 7 heteroatoms. The van der Waals surface area contributed by atoms with Gasteiger partial charge in [0.15, 0.2) is 11.4 Å². The molecule has 3 aromatic rings. The predicted octanol–water partition coefficient (Wildman–Crippen LogP) is 4.40. The minimum Gasteiger partial charge on any atom is -0.493 e. The Balaban J connectivity index is 1.23. The fourth-order valence-corrected chi connectivity index (χ4v) is 3.58. The summed E-state index contributed by atoms with van der Waals surface area (Å²) in [4.78, 5) is 6.64. The second-order valence-electron chi connectivity index (χ2n) is 7.56. The number of anilines is 1. The Labute approximate surface area is 171 Å². The number of oxazole rings is 1. The molecule has 1 saturated heterocycles. The maximum Gasteiger partial charge on any atom is 0.394 e. The molecule has 1 aliphatic rings. The van der Waals surface area contributed by atoms with Crippen LogP contribution in [-0.2, 0) is 0 Å². The molecule has 0 aliphatic carbocycles. The fourth-order valence-electron chi connectivity index (χ4n) is 3.58. The number of hydrogen-bond donors (Lipinski definition) is 0. The van der Waals surface area contributed by atoms with Crippen LogP contribution in [0.4, 0.5) is 5.82 Å². The van der Waals surface area contributed by atoms with Crippen LogP contribution in [0.1, 0.15) is 38.3 Å². The van der Waals surface area contributed by atoms with Gasteiger partial charge >= 0.3 is 6.08 Å². The summed E-state index contributed by atoms with van der Waals surface area (Å²) in [7, 11) is 0. The molecule has 2 aromatic heterocycles. The van der Waals surface area contributed by atoms with Gasteiger partial charge in [0.1, 0.15) is 11.3 Å². The lowest BCUT2D eigenvalue weighted by molar-refractivity contribution is 0.236. The van der Waals surface area contributed by atoms with Crippen LogP contribution >= 0.6 is 0 Å². The SMILES string of the molecule is CCCOc1nc2ccc(OCCC3CCN(c4ccc(C)nn4)CC3)cc2o1. The number of benzene rings is 1. The van der Waals surface area contributed by atoms with E-state index < -0.39 is 0 Å². The van der Waals surface area contributed by atoms with Crippen LogP contribution in [0.2, 0.25) is 0 Å². The van der Waals surface area contributed by atoms with Crippen molar-refractivity contribution in [3.05, 3.63) is 36.0 Å². The van der Waals surface area contributed by atoms with Gasteiger partial charge in [0, 0.05) is 19.2 Å². The molecule has 1 aromatic carbocycles. The summed E-state index contributed by atoms with van der Waals surface area (Å²) >= 11 is 0. The van der Waals surface area contributed by atoms with E-state index in [4.69, 9.17) is 13.9 Å². The van der Waals surface area contributed by atoms with Crippen LogP contribution < -0.4 is 14.4 Å². The lowest BCUT2D eigenvalue weighted by Gasteiger charge is -2.32. The molecule has 29 heavy (non-hydrogen) atoms. The molecular weight excluding hydrogens is 368 g/mol. The van der Waals surface area contributed by atoms with E-state index in [0.29, 0.717) is 30.8 Å². The van der Waals surface area contributed by atoms with Gasteiger partial charge in [0.05, 0.1) is 18.9 Å². The molecule has 0 unspecified atom stereocenters. The summed E-state index contributed by atoms with van der Waals surface area (Å²) < 4.78 is 17.1. The molecule has 0 atom stereocenters. The lowest BCUT2D eigenvalue weighted by Crippen LogP contribution is -2.34. The Morgan fingerprint density at radius 2 is 1.93 bits per heavy atom. The fraction of sp³-hybridized carbons (Fsp3) is 0.500. The second-order valence-corrected chi connectivity index (χ2v) is 7.56. The Hall–Kier alpha value is -2.83. The average Bonchev–Trinajstić information content (AvgIpc) is 3.15. The van der Waals surface area contributed by atoms with Crippen molar-refractivity contribution in [2.45, 2.75) is 39.5 Å². The quantitative estimate of drug-likeness (QED) is 0.559. The van der Waals surface area contributed by atoms with Crippen molar-refractivity contribution in [1.82, 2.24) is 15.2 Å². The maximum atomic E-state index is 5.97. The van der Waals surface area contributed by atoms with Gasteiger partial charge in [0.2, 0.25) is 0 Å². The summed E-state index contributed by atoms with van der Waals surface area (Å²) in [6.07, 6.45) is 4.59. The third kappa shape index (κ3) is 4.96. The van der Waals surface area contributed by atoms with Gasteiger partial charge in [-0.2, -0.15) is 10.1 Å². The highest BCUT2D eigenvalue weighted by atomic mass is 16.6. The Morgan fingerprint density at radius 1 is 1.07 bits per heavy atom. The molecule has 154 valence electrons. The maximum absolute atomic E-state index is 5.97. The molecule has 3 heterocycles. The van der Waals surface area contributed by atoms with E-state index in [1.807, 2.05) is 31.2 Å². The van der Waals surface area contributed by atoms with Crippen LogP contribution in [0.15, 0.2) is 34.7 Å². The number of rotatable bonds is 8. The minimum atomic E-state index is 0.323. The summed E-state index contributed by atoms with van der Waals surface area (Å²) in [5.41, 5.74) is 2.44. The van der Waals surface area contributed by atoms with Gasteiger partial charge in [-0.05, 0) is 62.8 Å². The first-order chi connectivity index (χ1) is 14.2. The van der Waals surface area contributed by atoms with E-state index in [1.165, 1.54) is 0 Å². The van der Waals surface area contributed by atoms with Gasteiger partial charge in [-0.15, -0.1) is 5.10 Å². The molecule has 0 N–H and O–H groups in total. The molecule has 0 amide bonds. The van der Waals surface area contributed by atoms with Gasteiger partial charge in [-0.25, -0.2) is 0 Å². The first-order valence-corrected chi connectivity index (χ1v) is 10.4. The van der Waals surface area contributed by atoms with Gasteiger partial charge in [-0.3, -0.25) is 0 Å². The van der Waals surface area contributed by atoms with Gasteiger partial charge in [0.25, 0.3) is 0 Å². The number of ether oxygens (including phenoxy) is 2. The second kappa shape index (κ2) is 9.11. The summed E-state index contributed by atoms with van der Waals surface area (Å²) in [5.74, 6) is 2.46. The topological polar surface area (TPSA) is 73.5 Å². The first kappa shape index (κ1) is 19.5. The number of nitrogens with zero attached hydrogens (tertiary/aromatic N) is 4. The Bertz CT molecular complexity index is 917. The lowest BCUT2D eigenvalue weighted by atomic mass is 9.94. The van der Waals surface area contributed by atoms with Gasteiger partial charge in [-0.1, -0.05) is 6.92 Å². The predicted molar refractivity (Wildman–Crippen MR) is 112 cm³/mol. The molecule has 1 fully saturated rings. The van der Waals surface area contributed by atoms with Crippen molar-refractivity contribution in [2.75, 3.05) is 31.2 Å². The van der Waals surface area contributed by atoms with E-state index >= 15 is 0 Å². The number of aryl methyl sites for hydroxylation is 1. The normalized spacial score (nSPS) is 15.0. The number of aromatic nitrogens is 3. The van der Waals surface area contributed by atoms with Crippen molar-refractivity contribution < 1.29 is 13.9 Å². The van der Waals surface area contributed by atoms with Crippen LogP contribution in [0.25, 0.3) is 11.1 Å². The standard InChI is InChI=1S/C22H28N4O3/c1-3-13-28-22-23-19-6-5-18(15-20(19)29-22)27-14-10-17-8-11-26(12-9-17)21-7-4-16(2)24-25-21/h4-7,15,17H,3,8-14H2,1-2H3. The van der Waals surface area contributed by atoms with Crippen LogP contribution in [0, 0.1) is 12.8 Å². The van der Waals surface area contributed by atoms with Crippen molar-refractivity contribution in [3.63, 3.8) is 0 Å². The summed E-state index contributed by atoms with van der Waals surface area (Å²) in [5, 5.41) is 8.46. The largest absolute Gasteiger partial charge is 0.493 e. The molecule has 0 spiro atoms. The molecule has 0 bridgehead atoms. The average molecular weight is 396 g/mol. The summed E-state index contributed by atoms with van der Waals surface area (Å²) in [6, 6.07) is 9.82. The monoisotopic (exact) mass is 396 g/mol. The van der Waals surface area contributed by atoms with Crippen LogP contribution in [0.5, 0.6) is 11.8 Å². The summed E-state index contributed by atoms with van der Waals surface area (Å²) in [6.45, 7) is 7.36. The number of hydrogen-bond acceptors (Lipinski definition) is 7. The van der Waals surface area contributed by atoms with E-state index in [2.05, 4.69) is 33.1 Å². The zero-order valence-corrected chi connectivity index (χ0v) is 17.1. The van der Waals surface area contributed by atoms with E-state index in [1.54, 1.807) is 0 Å². The van der Waals surface area contributed by atoms with Crippen LogP contribution in [-0.4, -0.2) is 41.5 Å². The van der Waals surface area contributed by atoms with Crippen LogP contribution in [0.3, 0.4) is 0 Å². The van der Waals surface area contributed by atoms with Crippen molar-refractivity contribution >= 4 is 16.9 Å². The highest BCUT2D eigenvalue weighted by Gasteiger charge is 2.20. The van der Waals surface area contributed by atoms with Crippen molar-refractivity contribution in [3.8, 4) is 11.8 Å². The molecule has 1 aliphatic heterocycles. The van der Waals surface area contributed by atoms with Crippen molar-refractivity contribution in [1.29, 1.82) is 0 Å². The number of piperidine rings is 1. The zero-order chi connectivity index (χ0) is 20.1. The van der Waals surface area contributed by atoms with E-state index in [0.717, 1.165) is 61.6 Å². The smallest absolute Gasteiger partial charge is 0.394 e. The highest BCUT2D eigenvalue weighted by Crippen LogP contribution is 2.27. The molecule has 0 saturated carbocycles. The highest BCUT2D eigenvalue weighted by molar-refractivity contribution is 5.74.